The molecule has 0 aromatic heterocycles. The SMILES string of the molecule is CCCCCCCCCCCCCCCCCCC/C=C/CC/C=C/C(O)C(COP(=O)(O)OCC[N+](C)(C)C)NC(=O)CCCCCCCCCCCCCCCCCCCCCCCCCCCCC. The number of allylic oxidation sites excluding steroid dienone is 3. The normalized spacial score (nSPS) is 13.9. The molecule has 0 aromatic rings. The van der Waals surface area contributed by atoms with Gasteiger partial charge in [-0.25, -0.2) is 4.57 Å². The second-order valence-electron chi connectivity index (χ2n) is 23.1. The summed E-state index contributed by atoms with van der Waals surface area (Å²) in [5.74, 6) is -0.179. The van der Waals surface area contributed by atoms with E-state index in [-0.39, 0.29) is 19.1 Å². The molecule has 0 aliphatic carbocycles. The molecule has 3 atom stereocenters. The van der Waals surface area contributed by atoms with E-state index in [2.05, 4.69) is 31.3 Å². The van der Waals surface area contributed by atoms with E-state index >= 15 is 0 Å². The molecule has 0 aliphatic rings. The zero-order chi connectivity index (χ0) is 52.7. The van der Waals surface area contributed by atoms with Crippen LogP contribution in [-0.2, 0) is 18.4 Å². The standard InChI is InChI=1S/C63H125N2O6P/c1-6-8-10-12-14-16-18-20-22-24-26-28-30-31-32-33-35-37-39-41-43-45-47-49-51-53-55-57-63(67)64-61(60-71-72(68,69)70-59-58-65(3,4)5)62(66)56-54-52-50-48-46-44-42-40-38-36-34-29-27-25-23-21-19-17-15-13-11-9-7-2/h46,48,54,56,61-62,66H,6-45,47,49-53,55,57-60H2,1-5H3,(H-,64,67,68,69)/p+1/b48-46+,56-54+. The molecule has 0 saturated heterocycles. The number of phosphoric ester groups is 1. The second-order valence-corrected chi connectivity index (χ2v) is 24.6. The number of carbonyl (C=O) groups is 1. The van der Waals surface area contributed by atoms with Crippen LogP contribution in [0.1, 0.15) is 322 Å². The lowest BCUT2D eigenvalue weighted by molar-refractivity contribution is -0.870. The van der Waals surface area contributed by atoms with Gasteiger partial charge in [0, 0.05) is 6.42 Å². The lowest BCUT2D eigenvalue weighted by atomic mass is 10.0. The highest BCUT2D eigenvalue weighted by molar-refractivity contribution is 7.47. The van der Waals surface area contributed by atoms with Gasteiger partial charge in [0.1, 0.15) is 13.2 Å². The zero-order valence-corrected chi connectivity index (χ0v) is 49.8. The third kappa shape index (κ3) is 56.7. The molecule has 8 nitrogen and oxygen atoms in total. The number of unbranched alkanes of at least 4 members (excludes halogenated alkanes) is 44. The molecule has 72 heavy (non-hydrogen) atoms. The van der Waals surface area contributed by atoms with E-state index in [1.54, 1.807) is 6.08 Å². The van der Waals surface area contributed by atoms with E-state index in [0.717, 1.165) is 38.5 Å². The van der Waals surface area contributed by atoms with Crippen LogP contribution in [0.25, 0.3) is 0 Å². The number of hydrogen-bond acceptors (Lipinski definition) is 5. The number of nitrogens with zero attached hydrogens (tertiary/aromatic N) is 1. The van der Waals surface area contributed by atoms with Crippen molar-refractivity contribution in [3.8, 4) is 0 Å². The fourth-order valence-corrected chi connectivity index (χ4v) is 10.4. The van der Waals surface area contributed by atoms with Crippen molar-refractivity contribution in [2.45, 2.75) is 334 Å². The molecular weight excluding hydrogens is 912 g/mol. The van der Waals surface area contributed by atoms with Crippen molar-refractivity contribution in [2.24, 2.45) is 0 Å². The summed E-state index contributed by atoms with van der Waals surface area (Å²) < 4.78 is 23.7. The van der Waals surface area contributed by atoms with Crippen LogP contribution in [0.3, 0.4) is 0 Å². The Hall–Kier alpha value is -1.02. The third-order valence-corrected chi connectivity index (χ3v) is 15.7. The van der Waals surface area contributed by atoms with Gasteiger partial charge in [0.05, 0.1) is 39.9 Å². The first-order valence-corrected chi connectivity index (χ1v) is 33.2. The van der Waals surface area contributed by atoms with Crippen molar-refractivity contribution in [1.82, 2.24) is 5.32 Å². The highest BCUT2D eigenvalue weighted by Crippen LogP contribution is 2.43. The fourth-order valence-electron chi connectivity index (χ4n) is 9.71. The Bertz CT molecular complexity index is 1220. The van der Waals surface area contributed by atoms with Crippen LogP contribution >= 0.6 is 7.82 Å². The molecule has 428 valence electrons. The van der Waals surface area contributed by atoms with Crippen molar-refractivity contribution in [3.63, 3.8) is 0 Å². The number of nitrogens with one attached hydrogen (secondary N) is 1. The maximum atomic E-state index is 13.0. The second kappa shape index (κ2) is 54.8. The molecular formula is C63H126N2O6P+. The lowest BCUT2D eigenvalue weighted by Gasteiger charge is -2.25. The number of rotatable bonds is 59. The quantitative estimate of drug-likeness (QED) is 0.0243. The Balaban J connectivity index is 4.14. The molecule has 0 rings (SSSR count). The summed E-state index contributed by atoms with van der Waals surface area (Å²) in [6, 6.07) is -0.861. The van der Waals surface area contributed by atoms with Crippen LogP contribution in [0.4, 0.5) is 0 Å². The van der Waals surface area contributed by atoms with Crippen molar-refractivity contribution in [1.29, 1.82) is 0 Å². The first kappa shape index (κ1) is 71.0. The molecule has 3 N–H and O–H groups in total. The summed E-state index contributed by atoms with van der Waals surface area (Å²) in [5.41, 5.74) is 0. The van der Waals surface area contributed by atoms with Gasteiger partial charge in [-0.1, -0.05) is 308 Å². The van der Waals surface area contributed by atoms with Gasteiger partial charge in [-0.15, -0.1) is 0 Å². The Kier molecular flexibility index (Phi) is 54.0. The van der Waals surface area contributed by atoms with Crippen LogP contribution < -0.4 is 5.32 Å². The van der Waals surface area contributed by atoms with E-state index in [1.807, 2.05) is 27.2 Å². The van der Waals surface area contributed by atoms with E-state index in [0.29, 0.717) is 17.4 Å². The monoisotopic (exact) mass is 1040 g/mol. The van der Waals surface area contributed by atoms with E-state index < -0.39 is 20.0 Å². The summed E-state index contributed by atoms with van der Waals surface area (Å²) in [7, 11) is 1.57. The smallest absolute Gasteiger partial charge is 0.387 e. The number of aliphatic hydroxyl groups excluding tert-OH is 1. The van der Waals surface area contributed by atoms with Crippen molar-refractivity contribution < 1.29 is 32.9 Å². The minimum absolute atomic E-state index is 0.0589. The van der Waals surface area contributed by atoms with Crippen LogP contribution in [-0.4, -0.2) is 73.4 Å². The molecule has 9 heteroatoms. The van der Waals surface area contributed by atoms with Gasteiger partial charge in [0.2, 0.25) is 5.91 Å². The first-order chi connectivity index (χ1) is 35.0. The van der Waals surface area contributed by atoms with E-state index in [1.165, 1.54) is 263 Å². The Morgan fingerprint density at radius 3 is 1.11 bits per heavy atom. The van der Waals surface area contributed by atoms with Gasteiger partial charge >= 0.3 is 7.82 Å². The number of amides is 1. The van der Waals surface area contributed by atoms with Gasteiger partial charge in [-0.3, -0.25) is 13.8 Å². The predicted molar refractivity (Wildman–Crippen MR) is 314 cm³/mol. The number of likely N-dealkylation sites (N-methyl/N-ethyl adjacent to an activating group) is 1. The lowest BCUT2D eigenvalue weighted by Crippen LogP contribution is -2.45. The predicted octanol–water partition coefficient (Wildman–Crippen LogP) is 19.5. The van der Waals surface area contributed by atoms with Gasteiger partial charge in [-0.05, 0) is 32.1 Å². The third-order valence-electron chi connectivity index (χ3n) is 14.7. The first-order valence-electron chi connectivity index (χ1n) is 31.7. The van der Waals surface area contributed by atoms with Crippen LogP contribution in [0.15, 0.2) is 24.3 Å². The number of carbonyl (C=O) groups excluding carboxylic acids is 1. The van der Waals surface area contributed by atoms with Crippen molar-refractivity contribution in [3.05, 3.63) is 24.3 Å². The number of quaternary nitrogens is 1. The minimum atomic E-state index is -4.35. The molecule has 0 radical (unpaired) electrons. The van der Waals surface area contributed by atoms with E-state index in [4.69, 9.17) is 9.05 Å². The summed E-state index contributed by atoms with van der Waals surface area (Å²) >= 11 is 0. The van der Waals surface area contributed by atoms with Crippen molar-refractivity contribution in [2.75, 3.05) is 40.9 Å². The topological polar surface area (TPSA) is 105 Å². The molecule has 0 aromatic carbocycles. The molecule has 1 amide bonds. The highest BCUT2D eigenvalue weighted by atomic mass is 31.2. The Labute approximate surface area is 449 Å². The maximum absolute atomic E-state index is 13.0. The van der Waals surface area contributed by atoms with Gasteiger partial charge < -0.3 is 19.8 Å². The molecule has 0 fully saturated rings. The van der Waals surface area contributed by atoms with Gasteiger partial charge in [0.25, 0.3) is 0 Å². The Morgan fingerprint density at radius 1 is 0.458 bits per heavy atom. The molecule has 0 bridgehead atoms. The largest absolute Gasteiger partial charge is 0.472 e. The average molecular weight is 1040 g/mol. The molecule has 0 aliphatic heterocycles. The van der Waals surface area contributed by atoms with Crippen LogP contribution in [0.2, 0.25) is 0 Å². The van der Waals surface area contributed by atoms with Crippen LogP contribution in [0, 0.1) is 0 Å². The molecule has 0 saturated carbocycles. The zero-order valence-electron chi connectivity index (χ0n) is 48.9. The van der Waals surface area contributed by atoms with Gasteiger partial charge in [0.15, 0.2) is 0 Å². The summed E-state index contributed by atoms with van der Waals surface area (Å²) in [4.78, 5) is 23.3. The van der Waals surface area contributed by atoms with Crippen LogP contribution in [0.5, 0.6) is 0 Å². The average Bonchev–Trinajstić information content (AvgIpc) is 3.34. The minimum Gasteiger partial charge on any atom is -0.387 e. The molecule has 0 heterocycles. The number of hydrogen-bond donors (Lipinski definition) is 3. The summed E-state index contributed by atoms with van der Waals surface area (Å²) in [5, 5.41) is 14.0. The maximum Gasteiger partial charge on any atom is 0.472 e. The highest BCUT2D eigenvalue weighted by Gasteiger charge is 2.27. The number of aliphatic hydroxyl groups is 1. The van der Waals surface area contributed by atoms with E-state index in [9.17, 15) is 19.4 Å². The van der Waals surface area contributed by atoms with Crippen molar-refractivity contribution >= 4 is 13.7 Å². The molecule has 3 unspecified atom stereocenters. The fraction of sp³-hybridized carbons (Fsp3) is 0.921. The molecule has 0 spiro atoms. The summed E-state index contributed by atoms with van der Waals surface area (Å²) in [6.07, 6.45) is 70.2. The van der Waals surface area contributed by atoms with Gasteiger partial charge in [-0.2, -0.15) is 0 Å². The summed E-state index contributed by atoms with van der Waals surface area (Å²) in [6.45, 7) is 4.85. The number of phosphoric acid groups is 1. The Morgan fingerprint density at radius 2 is 0.764 bits per heavy atom.